The summed E-state index contributed by atoms with van der Waals surface area (Å²) in [6.45, 7) is 0. The maximum absolute atomic E-state index is 12.0. The highest BCUT2D eigenvalue weighted by molar-refractivity contribution is 5.79. The second-order valence-electron chi connectivity index (χ2n) is 5.61. The molecule has 25 heavy (non-hydrogen) atoms. The van der Waals surface area contributed by atoms with E-state index in [-0.39, 0.29) is 30.1 Å². The molecule has 0 aliphatic rings. The van der Waals surface area contributed by atoms with E-state index in [9.17, 15) is 25.1 Å². The zero-order valence-corrected chi connectivity index (χ0v) is 13.7. The Balaban J connectivity index is 1.90. The molecule has 7 heteroatoms. The van der Waals surface area contributed by atoms with Crippen molar-refractivity contribution in [2.45, 2.75) is 25.4 Å². The van der Waals surface area contributed by atoms with Gasteiger partial charge in [-0.2, -0.15) is 0 Å². The molecule has 0 aliphatic heterocycles. The van der Waals surface area contributed by atoms with Crippen LogP contribution in [-0.4, -0.2) is 28.0 Å². The molecule has 1 atom stereocenters. The van der Waals surface area contributed by atoms with Crippen molar-refractivity contribution in [3.63, 3.8) is 0 Å². The number of ether oxygens (including phenoxy) is 1. The molecule has 2 rings (SSSR count). The van der Waals surface area contributed by atoms with Crippen LogP contribution in [0.2, 0.25) is 0 Å². The summed E-state index contributed by atoms with van der Waals surface area (Å²) >= 11 is 0. The van der Waals surface area contributed by atoms with Crippen LogP contribution in [0.4, 0.5) is 5.69 Å². The Labute approximate surface area is 144 Å². The molecule has 0 spiro atoms. The van der Waals surface area contributed by atoms with E-state index in [1.54, 1.807) is 12.1 Å². The number of carbonyl (C=O) groups is 1. The van der Waals surface area contributed by atoms with E-state index < -0.39 is 11.0 Å². The molecule has 2 aromatic carbocycles. The van der Waals surface area contributed by atoms with Gasteiger partial charge in [0.2, 0.25) is 0 Å². The van der Waals surface area contributed by atoms with E-state index >= 15 is 0 Å². The third-order valence-electron chi connectivity index (χ3n) is 3.85. The van der Waals surface area contributed by atoms with E-state index in [4.69, 9.17) is 4.74 Å². The number of nitro groups is 1. The summed E-state index contributed by atoms with van der Waals surface area (Å²) in [5, 5.41) is 30.2. The predicted molar refractivity (Wildman–Crippen MR) is 90.7 cm³/mol. The second-order valence-corrected chi connectivity index (χ2v) is 5.61. The Morgan fingerprint density at radius 1 is 1.24 bits per heavy atom. The van der Waals surface area contributed by atoms with Gasteiger partial charge in [0.25, 0.3) is 5.69 Å². The number of aliphatic hydroxyl groups is 1. The Kier molecular flexibility index (Phi) is 6.08. The van der Waals surface area contributed by atoms with Crippen molar-refractivity contribution in [3.8, 4) is 11.5 Å². The average Bonchev–Trinajstić information content (AvgIpc) is 2.61. The molecular weight excluding hydrogens is 326 g/mol. The lowest BCUT2D eigenvalue weighted by Gasteiger charge is -2.10. The minimum absolute atomic E-state index is 0.0335. The van der Waals surface area contributed by atoms with E-state index in [0.29, 0.717) is 17.7 Å². The molecule has 132 valence electrons. The van der Waals surface area contributed by atoms with Crippen LogP contribution in [0.1, 0.15) is 30.1 Å². The number of aryl methyl sites for hydroxylation is 1. The number of rotatable bonds is 8. The number of aliphatic hydroxyl groups excluding tert-OH is 1. The topological polar surface area (TPSA) is 110 Å². The fraction of sp³-hybridized carbons (Fsp3) is 0.278. The van der Waals surface area contributed by atoms with Gasteiger partial charge in [-0.05, 0) is 41.8 Å². The molecule has 0 heterocycles. The molecule has 2 N–H and O–H groups in total. The number of phenols is 1. The van der Waals surface area contributed by atoms with Gasteiger partial charge in [-0.3, -0.25) is 14.9 Å². The van der Waals surface area contributed by atoms with Crippen LogP contribution in [0.25, 0.3) is 0 Å². The Morgan fingerprint density at radius 2 is 1.92 bits per heavy atom. The Morgan fingerprint density at radius 3 is 2.52 bits per heavy atom. The van der Waals surface area contributed by atoms with Crippen LogP contribution in [0.5, 0.6) is 11.5 Å². The second kappa shape index (κ2) is 8.25. The van der Waals surface area contributed by atoms with Crippen LogP contribution < -0.4 is 4.74 Å². The normalized spacial score (nSPS) is 11.8. The van der Waals surface area contributed by atoms with Gasteiger partial charge in [0.15, 0.2) is 11.5 Å². The van der Waals surface area contributed by atoms with Gasteiger partial charge in [-0.15, -0.1) is 0 Å². The molecule has 0 saturated heterocycles. The molecule has 0 saturated carbocycles. The fourth-order valence-electron chi connectivity index (χ4n) is 2.42. The van der Waals surface area contributed by atoms with Crippen molar-refractivity contribution in [1.29, 1.82) is 0 Å². The maximum Gasteiger partial charge on any atom is 0.269 e. The standard InChI is InChI=1S/C18H19NO6/c1-25-18-10-12(3-9-16(18)21)2-8-15(20)11-17(22)13-4-6-14(7-5-13)19(23)24/h3-7,9-10,17,21-22H,2,8,11H2,1H3/t17-/m1/s1. The first-order valence-electron chi connectivity index (χ1n) is 7.70. The fourth-order valence-corrected chi connectivity index (χ4v) is 2.42. The number of benzene rings is 2. The van der Waals surface area contributed by atoms with Crippen LogP contribution in [0, 0.1) is 10.1 Å². The Hall–Kier alpha value is -2.93. The lowest BCUT2D eigenvalue weighted by Crippen LogP contribution is -2.08. The van der Waals surface area contributed by atoms with Crippen LogP contribution in [-0.2, 0) is 11.2 Å². The summed E-state index contributed by atoms with van der Waals surface area (Å²) in [4.78, 5) is 22.1. The van der Waals surface area contributed by atoms with Crippen LogP contribution in [0.3, 0.4) is 0 Å². The van der Waals surface area contributed by atoms with Crippen LogP contribution in [0.15, 0.2) is 42.5 Å². The largest absolute Gasteiger partial charge is 0.504 e. The van der Waals surface area contributed by atoms with E-state index in [1.165, 1.54) is 37.4 Å². The minimum Gasteiger partial charge on any atom is -0.504 e. The summed E-state index contributed by atoms with van der Waals surface area (Å²) in [7, 11) is 1.45. The smallest absolute Gasteiger partial charge is 0.269 e. The van der Waals surface area contributed by atoms with E-state index in [1.807, 2.05) is 0 Å². The number of hydrogen-bond donors (Lipinski definition) is 2. The molecule has 0 radical (unpaired) electrons. The molecule has 2 aromatic rings. The van der Waals surface area contributed by atoms with Crippen molar-refractivity contribution in [2.24, 2.45) is 0 Å². The minimum atomic E-state index is -0.998. The number of nitrogens with zero attached hydrogens (tertiary/aromatic N) is 1. The Bertz CT molecular complexity index is 757. The number of phenolic OH excluding ortho intramolecular Hbond substituents is 1. The number of nitro benzene ring substituents is 1. The number of hydrogen-bond acceptors (Lipinski definition) is 6. The first-order chi connectivity index (χ1) is 11.9. The summed E-state index contributed by atoms with van der Waals surface area (Å²) in [6.07, 6.45) is -0.365. The van der Waals surface area contributed by atoms with Crippen molar-refractivity contribution in [3.05, 3.63) is 63.7 Å². The van der Waals surface area contributed by atoms with E-state index in [0.717, 1.165) is 5.56 Å². The molecule has 7 nitrogen and oxygen atoms in total. The highest BCUT2D eigenvalue weighted by atomic mass is 16.6. The third kappa shape index (κ3) is 5.02. The van der Waals surface area contributed by atoms with Gasteiger partial charge < -0.3 is 14.9 Å². The van der Waals surface area contributed by atoms with Gasteiger partial charge >= 0.3 is 0 Å². The predicted octanol–water partition coefficient (Wildman–Crippen LogP) is 2.93. The zero-order valence-electron chi connectivity index (χ0n) is 13.7. The molecule has 0 amide bonds. The molecule has 0 unspecified atom stereocenters. The summed E-state index contributed by atoms with van der Waals surface area (Å²) in [5.41, 5.74) is 1.24. The van der Waals surface area contributed by atoms with Gasteiger partial charge in [0.1, 0.15) is 5.78 Å². The lowest BCUT2D eigenvalue weighted by atomic mass is 10.00. The number of ketones is 1. The van der Waals surface area contributed by atoms with E-state index in [2.05, 4.69) is 0 Å². The number of carbonyl (C=O) groups excluding carboxylic acids is 1. The van der Waals surface area contributed by atoms with Crippen LogP contribution >= 0.6 is 0 Å². The molecular formula is C18H19NO6. The third-order valence-corrected chi connectivity index (χ3v) is 3.85. The number of methoxy groups -OCH3 is 1. The summed E-state index contributed by atoms with van der Waals surface area (Å²) < 4.78 is 5.02. The van der Waals surface area contributed by atoms with Crippen molar-refractivity contribution >= 4 is 11.5 Å². The molecule has 0 bridgehead atoms. The number of aromatic hydroxyl groups is 1. The summed E-state index contributed by atoms with van der Waals surface area (Å²) in [6, 6.07) is 10.4. The average molecular weight is 345 g/mol. The molecule has 0 aromatic heterocycles. The van der Waals surface area contributed by atoms with Gasteiger partial charge in [-0.25, -0.2) is 0 Å². The first kappa shape index (κ1) is 18.4. The zero-order chi connectivity index (χ0) is 18.4. The van der Waals surface area contributed by atoms with Crippen molar-refractivity contribution in [2.75, 3.05) is 7.11 Å². The number of Topliss-reactive ketones (excluding diaryl/α,β-unsaturated/α-hetero) is 1. The lowest BCUT2D eigenvalue weighted by molar-refractivity contribution is -0.384. The number of non-ortho nitro benzene ring substituents is 1. The first-order valence-corrected chi connectivity index (χ1v) is 7.70. The van der Waals surface area contributed by atoms with Crippen molar-refractivity contribution in [1.82, 2.24) is 0 Å². The molecule has 0 fully saturated rings. The monoisotopic (exact) mass is 345 g/mol. The van der Waals surface area contributed by atoms with Gasteiger partial charge in [-0.1, -0.05) is 6.07 Å². The highest BCUT2D eigenvalue weighted by Crippen LogP contribution is 2.27. The quantitative estimate of drug-likeness (QED) is 0.562. The molecule has 0 aliphatic carbocycles. The van der Waals surface area contributed by atoms with Gasteiger partial charge in [0.05, 0.1) is 18.1 Å². The van der Waals surface area contributed by atoms with Crippen molar-refractivity contribution < 1.29 is 24.7 Å². The summed E-state index contributed by atoms with van der Waals surface area (Å²) in [5.74, 6) is 0.250. The SMILES string of the molecule is COc1cc(CCC(=O)C[C@@H](O)c2ccc([N+](=O)[O-])cc2)ccc1O. The maximum atomic E-state index is 12.0. The van der Waals surface area contributed by atoms with Gasteiger partial charge in [0, 0.05) is 25.0 Å². The highest BCUT2D eigenvalue weighted by Gasteiger charge is 2.15.